The number of carbonyl (C=O) groups excluding carboxylic acids is 1. The number of anilines is 1. The normalized spacial score (nSPS) is 11.7. The molecule has 1 N–H and O–H groups in total. The van der Waals surface area contributed by atoms with Crippen molar-refractivity contribution in [1.82, 2.24) is 14.8 Å². The smallest absolute Gasteiger partial charge is 0.300 e. The number of alkyl halides is 3. The molecule has 12 heteroatoms. The number of hydrogen-bond acceptors (Lipinski definition) is 6. The van der Waals surface area contributed by atoms with E-state index in [1.165, 1.54) is 25.1 Å². The number of carbonyl (C=O) groups is 1. The summed E-state index contributed by atoms with van der Waals surface area (Å²) < 4.78 is 39.4. The number of nitrogens with one attached hydrogen (secondary N) is 1. The van der Waals surface area contributed by atoms with Gasteiger partial charge in [0.25, 0.3) is 5.69 Å². The molecule has 136 valence electrons. The Morgan fingerprint density at radius 2 is 2.12 bits per heavy atom. The van der Waals surface area contributed by atoms with Gasteiger partial charge < -0.3 is 5.32 Å². The summed E-state index contributed by atoms with van der Waals surface area (Å²) in [7, 11) is 0. The molecule has 26 heavy (non-hydrogen) atoms. The van der Waals surface area contributed by atoms with Crippen LogP contribution < -0.4 is 5.32 Å². The SMILES string of the molecule is Cc1cc(C(F)(F)F)nn1CC(=O)Nc1nc2ccc([N+](=O)[O-])cc2s1. The maximum absolute atomic E-state index is 12.6. The number of nitro benzene ring substituents is 1. The van der Waals surface area contributed by atoms with Crippen LogP contribution in [0.5, 0.6) is 0 Å². The molecule has 0 bridgehead atoms. The lowest BCUT2D eigenvalue weighted by molar-refractivity contribution is -0.384. The number of hydrogen-bond donors (Lipinski definition) is 1. The molecular weight excluding hydrogens is 375 g/mol. The van der Waals surface area contributed by atoms with Crippen LogP contribution in [0.15, 0.2) is 24.3 Å². The highest BCUT2D eigenvalue weighted by Gasteiger charge is 2.34. The van der Waals surface area contributed by atoms with Crippen molar-refractivity contribution in [1.29, 1.82) is 0 Å². The zero-order chi connectivity index (χ0) is 19.1. The van der Waals surface area contributed by atoms with Crippen LogP contribution in [0.2, 0.25) is 0 Å². The van der Waals surface area contributed by atoms with Gasteiger partial charge in [0.05, 0.1) is 15.1 Å². The van der Waals surface area contributed by atoms with E-state index in [0.717, 1.165) is 22.1 Å². The van der Waals surface area contributed by atoms with E-state index in [0.29, 0.717) is 10.2 Å². The Labute approximate surface area is 147 Å². The van der Waals surface area contributed by atoms with Gasteiger partial charge in [0.15, 0.2) is 10.8 Å². The number of thiazole rings is 1. The van der Waals surface area contributed by atoms with Crippen LogP contribution in [-0.4, -0.2) is 25.6 Å². The van der Waals surface area contributed by atoms with Crippen LogP contribution in [0.4, 0.5) is 24.0 Å². The van der Waals surface area contributed by atoms with Crippen molar-refractivity contribution < 1.29 is 22.9 Å². The molecule has 0 saturated carbocycles. The first-order valence-corrected chi connectivity index (χ1v) is 7.91. The number of benzene rings is 1. The van der Waals surface area contributed by atoms with Crippen molar-refractivity contribution >= 4 is 38.3 Å². The second kappa shape index (κ2) is 6.37. The largest absolute Gasteiger partial charge is 0.435 e. The summed E-state index contributed by atoms with van der Waals surface area (Å²) in [6.07, 6.45) is -4.59. The number of non-ortho nitro benzene ring substituents is 1. The molecule has 0 atom stereocenters. The Balaban J connectivity index is 1.75. The van der Waals surface area contributed by atoms with Crippen LogP contribution in [0, 0.1) is 17.0 Å². The molecule has 2 aromatic heterocycles. The predicted molar refractivity (Wildman–Crippen MR) is 86.9 cm³/mol. The lowest BCUT2D eigenvalue weighted by Gasteiger charge is -2.04. The van der Waals surface area contributed by atoms with Gasteiger partial charge in [0, 0.05) is 17.8 Å². The highest BCUT2D eigenvalue weighted by Crippen LogP contribution is 2.30. The second-order valence-electron chi connectivity index (χ2n) is 5.30. The van der Waals surface area contributed by atoms with E-state index in [1.807, 2.05) is 0 Å². The Hall–Kier alpha value is -3.02. The van der Waals surface area contributed by atoms with Crippen molar-refractivity contribution in [2.45, 2.75) is 19.6 Å². The minimum Gasteiger partial charge on any atom is -0.300 e. The van der Waals surface area contributed by atoms with Crippen molar-refractivity contribution in [2.75, 3.05) is 5.32 Å². The van der Waals surface area contributed by atoms with E-state index in [2.05, 4.69) is 15.4 Å². The Kier molecular flexibility index (Phi) is 4.36. The van der Waals surface area contributed by atoms with Crippen LogP contribution in [-0.2, 0) is 17.5 Å². The van der Waals surface area contributed by atoms with Crippen LogP contribution >= 0.6 is 11.3 Å². The van der Waals surface area contributed by atoms with Crippen molar-refractivity contribution in [3.8, 4) is 0 Å². The van der Waals surface area contributed by atoms with E-state index in [1.54, 1.807) is 0 Å². The van der Waals surface area contributed by atoms with Gasteiger partial charge in [-0.05, 0) is 19.1 Å². The van der Waals surface area contributed by atoms with E-state index >= 15 is 0 Å². The minimum atomic E-state index is -4.59. The number of halogens is 3. The maximum atomic E-state index is 12.6. The molecule has 3 aromatic rings. The van der Waals surface area contributed by atoms with Crippen LogP contribution in [0.25, 0.3) is 10.2 Å². The Morgan fingerprint density at radius 3 is 2.73 bits per heavy atom. The first-order valence-electron chi connectivity index (χ1n) is 7.10. The maximum Gasteiger partial charge on any atom is 0.435 e. The first-order chi connectivity index (χ1) is 12.1. The van der Waals surface area contributed by atoms with Crippen LogP contribution in [0.1, 0.15) is 11.4 Å². The number of amides is 1. The van der Waals surface area contributed by atoms with Gasteiger partial charge in [-0.1, -0.05) is 11.3 Å². The van der Waals surface area contributed by atoms with Gasteiger partial charge in [-0.15, -0.1) is 0 Å². The number of aromatic nitrogens is 3. The van der Waals surface area contributed by atoms with Crippen molar-refractivity contribution in [3.05, 3.63) is 45.8 Å². The average molecular weight is 385 g/mol. The molecule has 3 rings (SSSR count). The van der Waals surface area contributed by atoms with Gasteiger partial charge in [-0.2, -0.15) is 18.3 Å². The molecule has 0 aliphatic carbocycles. The molecule has 0 aliphatic heterocycles. The molecule has 1 amide bonds. The molecular formula is C14H10F3N5O3S. The number of rotatable bonds is 4. The molecule has 0 spiro atoms. The predicted octanol–water partition coefficient (Wildman–Crippen LogP) is 3.37. The molecule has 2 heterocycles. The summed E-state index contributed by atoms with van der Waals surface area (Å²) in [6, 6.07) is 4.92. The fourth-order valence-corrected chi connectivity index (χ4v) is 3.10. The summed E-state index contributed by atoms with van der Waals surface area (Å²) in [6.45, 7) is 0.990. The van der Waals surface area contributed by atoms with E-state index in [4.69, 9.17) is 0 Å². The quantitative estimate of drug-likeness (QED) is 0.548. The fraction of sp³-hybridized carbons (Fsp3) is 0.214. The van der Waals surface area contributed by atoms with Gasteiger partial charge in [-0.25, -0.2) is 4.98 Å². The number of fused-ring (bicyclic) bond motifs is 1. The highest BCUT2D eigenvalue weighted by molar-refractivity contribution is 7.22. The lowest BCUT2D eigenvalue weighted by atomic mass is 10.3. The second-order valence-corrected chi connectivity index (χ2v) is 6.33. The monoisotopic (exact) mass is 385 g/mol. The highest BCUT2D eigenvalue weighted by atomic mass is 32.1. The summed E-state index contributed by atoms with van der Waals surface area (Å²) in [5, 5.41) is 16.8. The van der Waals surface area contributed by atoms with Gasteiger partial charge >= 0.3 is 6.18 Å². The third-order valence-electron chi connectivity index (χ3n) is 3.39. The van der Waals surface area contributed by atoms with E-state index in [9.17, 15) is 28.1 Å². The van der Waals surface area contributed by atoms with Crippen molar-refractivity contribution in [2.24, 2.45) is 0 Å². The Morgan fingerprint density at radius 1 is 1.38 bits per heavy atom. The number of aryl methyl sites for hydroxylation is 1. The summed E-state index contributed by atoms with van der Waals surface area (Å²) in [5.74, 6) is -0.613. The number of nitrogens with zero attached hydrogens (tertiary/aromatic N) is 4. The molecule has 1 aromatic carbocycles. The first kappa shape index (κ1) is 17.8. The zero-order valence-corrected chi connectivity index (χ0v) is 13.9. The van der Waals surface area contributed by atoms with Gasteiger partial charge in [0.2, 0.25) is 5.91 Å². The van der Waals surface area contributed by atoms with Gasteiger partial charge in [-0.3, -0.25) is 19.6 Å². The molecule has 0 saturated heterocycles. The Bertz CT molecular complexity index is 1010. The third kappa shape index (κ3) is 3.64. The number of nitro groups is 1. The molecule has 0 fully saturated rings. The molecule has 0 unspecified atom stereocenters. The summed E-state index contributed by atoms with van der Waals surface area (Å²) in [5.41, 5.74) is -0.529. The average Bonchev–Trinajstić information content (AvgIpc) is 3.09. The fourth-order valence-electron chi connectivity index (χ4n) is 2.18. The standard InChI is InChI=1S/C14H10F3N5O3S/c1-7-4-11(14(15,16)17)20-21(7)6-12(23)19-13-18-9-3-2-8(22(24)25)5-10(9)26-13/h2-5H,6H2,1H3,(H,18,19,23). The molecule has 0 aliphatic rings. The van der Waals surface area contributed by atoms with E-state index in [-0.39, 0.29) is 16.5 Å². The third-order valence-corrected chi connectivity index (χ3v) is 4.33. The van der Waals surface area contributed by atoms with Crippen LogP contribution in [0.3, 0.4) is 0 Å². The molecule has 0 radical (unpaired) electrons. The lowest BCUT2D eigenvalue weighted by Crippen LogP contribution is -2.20. The molecule has 8 nitrogen and oxygen atoms in total. The summed E-state index contributed by atoms with van der Waals surface area (Å²) >= 11 is 1.02. The summed E-state index contributed by atoms with van der Waals surface area (Å²) in [4.78, 5) is 26.4. The zero-order valence-electron chi connectivity index (χ0n) is 13.1. The minimum absolute atomic E-state index is 0.106. The van der Waals surface area contributed by atoms with E-state index < -0.39 is 29.2 Å². The van der Waals surface area contributed by atoms with Crippen molar-refractivity contribution in [3.63, 3.8) is 0 Å². The van der Waals surface area contributed by atoms with Gasteiger partial charge in [0.1, 0.15) is 6.54 Å². The topological polar surface area (TPSA) is 103 Å².